The number of benzene rings is 1. The largest absolute Gasteiger partial charge is 0.471 e. The topological polar surface area (TPSA) is 109 Å². The van der Waals surface area contributed by atoms with Gasteiger partial charge in [0.25, 0.3) is 5.88 Å². The number of anilines is 2. The fourth-order valence-corrected chi connectivity index (χ4v) is 3.40. The Morgan fingerprint density at radius 3 is 2.53 bits per heavy atom. The van der Waals surface area contributed by atoms with Crippen LogP contribution >= 0.6 is 0 Å². The molecular formula is C18H18F2N4O6. The lowest BCUT2D eigenvalue weighted by atomic mass is 10.2. The second-order valence-electron chi connectivity index (χ2n) is 6.78. The van der Waals surface area contributed by atoms with Crippen molar-refractivity contribution in [1.82, 2.24) is 10.1 Å². The van der Waals surface area contributed by atoms with Crippen LogP contribution in [0.15, 0.2) is 29.0 Å². The van der Waals surface area contributed by atoms with Gasteiger partial charge in [0, 0.05) is 44.4 Å². The van der Waals surface area contributed by atoms with Crippen molar-refractivity contribution < 1.29 is 37.5 Å². The van der Waals surface area contributed by atoms with Crippen LogP contribution in [0.1, 0.15) is 0 Å². The molecule has 12 heteroatoms. The molecule has 2 saturated heterocycles. The van der Waals surface area contributed by atoms with Crippen LogP contribution in [0.2, 0.25) is 0 Å². The molecule has 2 amide bonds. The van der Waals surface area contributed by atoms with Crippen LogP contribution in [-0.2, 0) is 4.74 Å². The van der Waals surface area contributed by atoms with Crippen molar-refractivity contribution in [3.05, 3.63) is 36.1 Å². The van der Waals surface area contributed by atoms with Crippen LogP contribution in [0.3, 0.4) is 0 Å². The van der Waals surface area contributed by atoms with E-state index in [4.69, 9.17) is 14.6 Å². The number of nitrogens with zero attached hydrogens (tertiary/aromatic N) is 4. The predicted octanol–water partition coefficient (Wildman–Crippen LogP) is 2.16. The molecule has 30 heavy (non-hydrogen) atoms. The summed E-state index contributed by atoms with van der Waals surface area (Å²) in [5.74, 6) is -1.46. The van der Waals surface area contributed by atoms with Gasteiger partial charge in [-0.3, -0.25) is 4.90 Å². The van der Waals surface area contributed by atoms with Crippen LogP contribution in [0.25, 0.3) is 0 Å². The summed E-state index contributed by atoms with van der Waals surface area (Å²) in [4.78, 5) is 26.9. The molecule has 160 valence electrons. The van der Waals surface area contributed by atoms with Gasteiger partial charge >= 0.3 is 12.2 Å². The summed E-state index contributed by atoms with van der Waals surface area (Å²) in [7, 11) is 0. The molecule has 0 spiro atoms. The van der Waals surface area contributed by atoms with Crippen LogP contribution in [0.5, 0.6) is 5.88 Å². The highest BCUT2D eigenvalue weighted by Crippen LogP contribution is 2.31. The molecule has 1 unspecified atom stereocenters. The van der Waals surface area contributed by atoms with Gasteiger partial charge in [0.05, 0.1) is 12.2 Å². The van der Waals surface area contributed by atoms with Crippen molar-refractivity contribution in [2.75, 3.05) is 49.1 Å². The summed E-state index contributed by atoms with van der Waals surface area (Å²) in [5, 5.41) is 12.6. The Labute approximate surface area is 169 Å². The minimum absolute atomic E-state index is 0.00563. The highest BCUT2D eigenvalue weighted by atomic mass is 19.1. The van der Waals surface area contributed by atoms with Crippen molar-refractivity contribution in [2.24, 2.45) is 0 Å². The molecule has 3 heterocycles. The van der Waals surface area contributed by atoms with Gasteiger partial charge in [-0.05, 0) is 5.16 Å². The van der Waals surface area contributed by atoms with E-state index >= 15 is 0 Å². The maximum Gasteiger partial charge on any atom is 0.414 e. The Balaban J connectivity index is 1.44. The maximum absolute atomic E-state index is 14.7. The van der Waals surface area contributed by atoms with Crippen molar-refractivity contribution in [2.45, 2.75) is 6.10 Å². The lowest BCUT2D eigenvalue weighted by Gasteiger charge is -2.35. The van der Waals surface area contributed by atoms with E-state index < -0.39 is 29.9 Å². The Kier molecular flexibility index (Phi) is 5.29. The van der Waals surface area contributed by atoms with Gasteiger partial charge in [-0.25, -0.2) is 18.4 Å². The summed E-state index contributed by atoms with van der Waals surface area (Å²) in [5.41, 5.74) is -0.228. The summed E-state index contributed by atoms with van der Waals surface area (Å²) < 4.78 is 44.6. The second kappa shape index (κ2) is 8.05. The quantitative estimate of drug-likeness (QED) is 0.778. The van der Waals surface area contributed by atoms with E-state index in [-0.39, 0.29) is 56.6 Å². The van der Waals surface area contributed by atoms with Gasteiger partial charge in [-0.2, -0.15) is 0 Å². The molecule has 4 rings (SSSR count). The number of hydrogen-bond acceptors (Lipinski definition) is 7. The number of aromatic nitrogens is 1. The first-order chi connectivity index (χ1) is 14.4. The maximum atomic E-state index is 14.7. The Morgan fingerprint density at radius 1 is 1.23 bits per heavy atom. The highest BCUT2D eigenvalue weighted by Gasteiger charge is 2.34. The van der Waals surface area contributed by atoms with Crippen LogP contribution < -0.4 is 14.5 Å². The Hall–Kier alpha value is -3.57. The number of piperazine rings is 1. The number of amides is 2. The standard InChI is InChI=1S/C18H18F2N4O6/c19-13-7-11(8-14(20)16(13)22-2-4-23(5-3-22)17(25)26)24-9-12(30-18(24)27)10-28-15-1-6-29-21-15/h1,6-8,12H,2-5,9-10H2,(H,25,26). The molecule has 2 fully saturated rings. The molecule has 2 aliphatic heterocycles. The highest BCUT2D eigenvalue weighted by molar-refractivity contribution is 5.90. The van der Waals surface area contributed by atoms with Crippen LogP contribution in [0, 0.1) is 11.6 Å². The minimum atomic E-state index is -1.07. The number of rotatable bonds is 5. The van der Waals surface area contributed by atoms with E-state index in [1.165, 1.54) is 22.1 Å². The van der Waals surface area contributed by atoms with Crippen molar-refractivity contribution >= 4 is 23.6 Å². The average Bonchev–Trinajstić information content (AvgIpc) is 3.35. The summed E-state index contributed by atoms with van der Waals surface area (Å²) >= 11 is 0. The fraction of sp³-hybridized carbons (Fsp3) is 0.389. The lowest BCUT2D eigenvalue weighted by Crippen LogP contribution is -2.48. The molecule has 10 nitrogen and oxygen atoms in total. The molecule has 1 atom stereocenters. The molecule has 0 radical (unpaired) electrons. The van der Waals surface area contributed by atoms with Gasteiger partial charge in [-0.1, -0.05) is 0 Å². The van der Waals surface area contributed by atoms with E-state index in [9.17, 15) is 18.4 Å². The molecular weight excluding hydrogens is 406 g/mol. The normalized spacial score (nSPS) is 19.2. The number of carboxylic acid groups (broad SMARTS) is 1. The third kappa shape index (κ3) is 3.93. The zero-order valence-corrected chi connectivity index (χ0v) is 15.7. The number of carbonyl (C=O) groups is 2. The van der Waals surface area contributed by atoms with Crippen molar-refractivity contribution in [3.8, 4) is 5.88 Å². The molecule has 2 aliphatic rings. The predicted molar refractivity (Wildman–Crippen MR) is 97.8 cm³/mol. The number of ether oxygens (including phenoxy) is 2. The number of hydrogen-bond donors (Lipinski definition) is 1. The van der Waals surface area contributed by atoms with Gasteiger partial charge < -0.3 is 28.9 Å². The molecule has 1 N–H and O–H groups in total. The van der Waals surface area contributed by atoms with Crippen molar-refractivity contribution in [3.63, 3.8) is 0 Å². The zero-order chi connectivity index (χ0) is 21.3. The molecule has 0 aliphatic carbocycles. The van der Waals surface area contributed by atoms with Crippen molar-refractivity contribution in [1.29, 1.82) is 0 Å². The van der Waals surface area contributed by atoms with E-state index in [1.54, 1.807) is 0 Å². The summed E-state index contributed by atoms with van der Waals surface area (Å²) in [6.45, 7) is 0.653. The first-order valence-electron chi connectivity index (χ1n) is 9.15. The smallest absolute Gasteiger partial charge is 0.414 e. The number of halogens is 2. The van der Waals surface area contributed by atoms with Crippen LogP contribution in [0.4, 0.5) is 29.7 Å². The van der Waals surface area contributed by atoms with Crippen LogP contribution in [-0.4, -0.2) is 72.8 Å². The van der Waals surface area contributed by atoms with E-state index in [0.717, 1.165) is 17.0 Å². The zero-order valence-electron chi connectivity index (χ0n) is 15.7. The minimum Gasteiger partial charge on any atom is -0.471 e. The Morgan fingerprint density at radius 2 is 1.93 bits per heavy atom. The first-order valence-corrected chi connectivity index (χ1v) is 9.15. The van der Waals surface area contributed by atoms with E-state index in [0.29, 0.717) is 0 Å². The summed E-state index contributed by atoms with van der Waals surface area (Å²) in [6, 6.07) is 3.61. The molecule has 1 aromatic carbocycles. The van der Waals surface area contributed by atoms with E-state index in [1.807, 2.05) is 0 Å². The summed E-state index contributed by atoms with van der Waals surface area (Å²) in [6.07, 6.45) is -1.13. The van der Waals surface area contributed by atoms with E-state index in [2.05, 4.69) is 9.68 Å². The fourth-order valence-electron chi connectivity index (χ4n) is 3.40. The second-order valence-corrected chi connectivity index (χ2v) is 6.78. The Bertz CT molecular complexity index is 910. The van der Waals surface area contributed by atoms with Gasteiger partial charge in [0.15, 0.2) is 17.7 Å². The van der Waals surface area contributed by atoms with Gasteiger partial charge in [0.2, 0.25) is 0 Å². The SMILES string of the molecule is O=C(O)N1CCN(c2c(F)cc(N3CC(COc4ccon4)OC3=O)cc2F)CC1. The third-order valence-electron chi connectivity index (χ3n) is 4.89. The lowest BCUT2D eigenvalue weighted by molar-refractivity contribution is 0.101. The molecule has 0 saturated carbocycles. The number of cyclic esters (lactones) is 1. The van der Waals surface area contributed by atoms with Gasteiger partial charge in [-0.15, -0.1) is 0 Å². The molecule has 0 bridgehead atoms. The monoisotopic (exact) mass is 424 g/mol. The third-order valence-corrected chi connectivity index (χ3v) is 4.89. The van der Waals surface area contributed by atoms with Gasteiger partial charge in [0.1, 0.15) is 18.6 Å². The first kappa shape index (κ1) is 19.7. The molecule has 1 aromatic heterocycles. The molecule has 2 aromatic rings. The average molecular weight is 424 g/mol. The number of carbonyl (C=O) groups excluding carboxylic acids is 1.